The van der Waals surface area contributed by atoms with Crippen LogP contribution >= 0.6 is 0 Å². The van der Waals surface area contributed by atoms with Crippen molar-refractivity contribution < 1.29 is 38.7 Å². The van der Waals surface area contributed by atoms with E-state index in [1.54, 1.807) is 0 Å². The molecule has 6 rings (SSSR count). The average molecular weight is 545 g/mol. The molecule has 0 spiro atoms. The molecule has 2 N–H and O–H groups in total. The Kier molecular flexibility index (Phi) is 5.29. The summed E-state index contributed by atoms with van der Waals surface area (Å²) in [7, 11) is 5.28. The van der Waals surface area contributed by atoms with Gasteiger partial charge in [0.15, 0.2) is 22.7 Å². The topological polar surface area (TPSA) is 146 Å². The van der Waals surface area contributed by atoms with E-state index in [1.807, 2.05) is 0 Å². The molecule has 5 aromatic carbocycles. The number of benzene rings is 5. The summed E-state index contributed by atoms with van der Waals surface area (Å²) in [4.78, 5) is 53.7. The third kappa shape index (κ3) is 2.77. The normalized spacial score (nSPS) is 16.4. The average Bonchev–Trinajstić information content (AvgIpc) is 2.90. The van der Waals surface area contributed by atoms with Gasteiger partial charge in [0.2, 0.25) is 16.9 Å². The molecule has 0 saturated carbocycles. The highest BCUT2D eigenvalue weighted by Crippen LogP contribution is 2.59. The van der Waals surface area contributed by atoms with E-state index in [2.05, 4.69) is 0 Å². The van der Waals surface area contributed by atoms with Crippen LogP contribution in [0.5, 0.6) is 34.5 Å². The van der Waals surface area contributed by atoms with Gasteiger partial charge in [-0.2, -0.15) is 0 Å². The Hall–Kier alpha value is -4.86. The zero-order chi connectivity index (χ0) is 28.9. The maximum absolute atomic E-state index is 13.7. The quantitative estimate of drug-likeness (QED) is 0.240. The number of phenols is 2. The summed E-state index contributed by atoms with van der Waals surface area (Å²) in [5.74, 6) is -4.01. The third-order valence-electron chi connectivity index (χ3n) is 8.11. The van der Waals surface area contributed by atoms with Crippen molar-refractivity contribution in [3.8, 4) is 34.5 Å². The predicted octanol–water partition coefficient (Wildman–Crippen LogP) is 3.70. The van der Waals surface area contributed by atoms with Crippen LogP contribution in [0.4, 0.5) is 0 Å². The fraction of sp³-hybridized carbons (Fsp3) is 0.267. The van der Waals surface area contributed by atoms with E-state index in [9.17, 15) is 29.4 Å². The standard InChI is InChI=1S/C30H24O10/c1-9(31)15-11-7-13(33)19-21-17(11)18-12(16(15)10(2)32)8-14(34)20-22(18)24(28(38-4)30(40-6)26(20)36)23(21)27(37-3)29(39-5)25(19)35/h7-8,15-16,33,36H,1-6H3. The molecule has 40 heavy (non-hydrogen) atoms. The Morgan fingerprint density at radius 1 is 0.600 bits per heavy atom. The van der Waals surface area contributed by atoms with Crippen molar-refractivity contribution in [3.63, 3.8) is 0 Å². The summed E-state index contributed by atoms with van der Waals surface area (Å²) in [6.45, 7) is 2.67. The first kappa shape index (κ1) is 25.4. The number of ketones is 2. The second-order valence-corrected chi connectivity index (χ2v) is 9.94. The summed E-state index contributed by atoms with van der Waals surface area (Å²) >= 11 is 0. The highest BCUT2D eigenvalue weighted by molar-refractivity contribution is 6.39. The largest absolute Gasteiger partial charge is 0.507 e. The van der Waals surface area contributed by atoms with E-state index in [-0.39, 0.29) is 72.4 Å². The van der Waals surface area contributed by atoms with E-state index < -0.39 is 34.2 Å². The first-order chi connectivity index (χ1) is 19.0. The lowest BCUT2D eigenvalue weighted by Crippen LogP contribution is -2.28. The van der Waals surface area contributed by atoms with E-state index in [4.69, 9.17) is 18.9 Å². The van der Waals surface area contributed by atoms with Crippen molar-refractivity contribution in [2.24, 2.45) is 0 Å². The van der Waals surface area contributed by atoms with Gasteiger partial charge < -0.3 is 29.2 Å². The molecule has 0 aliphatic heterocycles. The van der Waals surface area contributed by atoms with Crippen LogP contribution in [0.15, 0.2) is 21.7 Å². The van der Waals surface area contributed by atoms with Crippen LogP contribution in [0.1, 0.15) is 36.8 Å². The summed E-state index contributed by atoms with van der Waals surface area (Å²) in [6, 6.07) is 2.57. The van der Waals surface area contributed by atoms with Crippen molar-refractivity contribution in [2.75, 3.05) is 28.4 Å². The van der Waals surface area contributed by atoms with Crippen molar-refractivity contribution in [1.82, 2.24) is 0 Å². The van der Waals surface area contributed by atoms with Crippen LogP contribution in [0, 0.1) is 0 Å². The zero-order valence-electron chi connectivity index (χ0n) is 22.5. The lowest BCUT2D eigenvalue weighted by molar-refractivity contribution is -0.125. The van der Waals surface area contributed by atoms with Gasteiger partial charge in [-0.3, -0.25) is 19.2 Å². The second-order valence-electron chi connectivity index (χ2n) is 9.94. The van der Waals surface area contributed by atoms with Crippen LogP contribution in [-0.2, 0) is 9.59 Å². The number of aromatic hydroxyl groups is 2. The number of methoxy groups -OCH3 is 4. The fourth-order valence-electron chi connectivity index (χ4n) is 6.76. The molecular formula is C30H24O10. The minimum absolute atomic E-state index is 0.00305. The number of Topliss-reactive ketones (excluding diaryl/α,β-unsaturated/α-hetero) is 2. The summed E-state index contributed by atoms with van der Waals surface area (Å²) < 4.78 is 22.4. The van der Waals surface area contributed by atoms with Gasteiger partial charge in [-0.05, 0) is 47.9 Å². The van der Waals surface area contributed by atoms with Crippen LogP contribution < -0.4 is 29.8 Å². The summed E-state index contributed by atoms with van der Waals surface area (Å²) in [5, 5.41) is 24.1. The molecular weight excluding hydrogens is 520 g/mol. The van der Waals surface area contributed by atoms with E-state index in [0.29, 0.717) is 16.3 Å². The third-order valence-corrected chi connectivity index (χ3v) is 8.11. The van der Waals surface area contributed by atoms with Gasteiger partial charge in [0.1, 0.15) is 17.3 Å². The van der Waals surface area contributed by atoms with Crippen molar-refractivity contribution in [3.05, 3.63) is 43.7 Å². The maximum Gasteiger partial charge on any atom is 0.235 e. The van der Waals surface area contributed by atoms with Gasteiger partial charge in [-0.1, -0.05) is 0 Å². The lowest BCUT2D eigenvalue weighted by atomic mass is 9.68. The smallest absolute Gasteiger partial charge is 0.235 e. The summed E-state index contributed by atoms with van der Waals surface area (Å²) in [5.41, 5.74) is -0.656. The number of fused-ring (bicyclic) bond motifs is 1. The number of carbonyl (C=O) groups excluding carboxylic acids is 2. The molecule has 0 fully saturated rings. The minimum atomic E-state index is -1.05. The zero-order valence-corrected chi connectivity index (χ0v) is 22.5. The van der Waals surface area contributed by atoms with Crippen LogP contribution in [0.2, 0.25) is 0 Å². The number of hydrogen-bond acceptors (Lipinski definition) is 10. The second kappa shape index (κ2) is 8.32. The Morgan fingerprint density at radius 2 is 1.05 bits per heavy atom. The molecule has 10 nitrogen and oxygen atoms in total. The maximum atomic E-state index is 13.7. The highest BCUT2D eigenvalue weighted by Gasteiger charge is 2.42. The monoisotopic (exact) mass is 544 g/mol. The molecule has 0 amide bonds. The molecule has 204 valence electrons. The van der Waals surface area contributed by atoms with Gasteiger partial charge in [0.25, 0.3) is 0 Å². The molecule has 5 aromatic rings. The number of carbonyl (C=O) groups is 2. The van der Waals surface area contributed by atoms with Gasteiger partial charge in [0, 0.05) is 21.5 Å². The van der Waals surface area contributed by atoms with Gasteiger partial charge in [0.05, 0.1) is 51.0 Å². The van der Waals surface area contributed by atoms with Crippen LogP contribution in [0.3, 0.4) is 0 Å². The SMILES string of the molecule is COc1c(O)c2c(=O)cc3c4c5c(cc(O)c6c(=O)c(OC)c(OC)c(c(c1OC)c24)c65)C(C(C)=O)C3C(C)=O. The molecule has 0 heterocycles. The van der Waals surface area contributed by atoms with Crippen molar-refractivity contribution in [1.29, 1.82) is 0 Å². The number of rotatable bonds is 6. The van der Waals surface area contributed by atoms with Gasteiger partial charge in [-0.25, -0.2) is 0 Å². The molecule has 1 aliphatic rings. The van der Waals surface area contributed by atoms with E-state index in [1.165, 1.54) is 54.4 Å². The molecule has 0 radical (unpaired) electrons. The molecule has 10 heteroatoms. The number of hydrogen-bond donors (Lipinski definition) is 2. The lowest BCUT2D eigenvalue weighted by Gasteiger charge is -2.33. The van der Waals surface area contributed by atoms with Crippen LogP contribution in [0.25, 0.3) is 43.1 Å². The van der Waals surface area contributed by atoms with Crippen molar-refractivity contribution in [2.45, 2.75) is 25.7 Å². The Morgan fingerprint density at radius 3 is 1.52 bits per heavy atom. The molecule has 2 atom stereocenters. The molecule has 1 aliphatic carbocycles. The van der Waals surface area contributed by atoms with Gasteiger partial charge in [-0.15, -0.1) is 0 Å². The Bertz CT molecular complexity index is 2050. The fourth-order valence-corrected chi connectivity index (χ4v) is 6.76. The molecule has 0 aromatic heterocycles. The summed E-state index contributed by atoms with van der Waals surface area (Å²) in [6.07, 6.45) is 0. The molecule has 2 unspecified atom stereocenters. The highest BCUT2D eigenvalue weighted by atomic mass is 16.5. The number of phenolic OH excluding ortho intramolecular Hbond substituents is 2. The minimum Gasteiger partial charge on any atom is -0.507 e. The van der Waals surface area contributed by atoms with Crippen molar-refractivity contribution >= 4 is 54.7 Å². The molecule has 0 bridgehead atoms. The first-order valence-electron chi connectivity index (χ1n) is 12.4. The van der Waals surface area contributed by atoms with Gasteiger partial charge >= 0.3 is 0 Å². The Labute approximate surface area is 225 Å². The number of ether oxygens (including phenoxy) is 4. The first-order valence-corrected chi connectivity index (χ1v) is 12.4. The van der Waals surface area contributed by atoms with Crippen LogP contribution in [-0.4, -0.2) is 50.2 Å². The predicted molar refractivity (Wildman–Crippen MR) is 148 cm³/mol. The van der Waals surface area contributed by atoms with E-state index >= 15 is 0 Å². The van der Waals surface area contributed by atoms with E-state index in [0.717, 1.165) is 0 Å². The molecule has 0 saturated heterocycles. The Balaban J connectivity index is 2.17.